The Hall–Kier alpha value is -14.4. The van der Waals surface area contributed by atoms with Crippen molar-refractivity contribution >= 4 is 89.5 Å². The molecule has 0 N–H and O–H groups in total. The van der Waals surface area contributed by atoms with Gasteiger partial charge in [0.05, 0.1) is 54.8 Å². The van der Waals surface area contributed by atoms with Gasteiger partial charge < -0.3 is 28.4 Å². The van der Waals surface area contributed by atoms with Crippen molar-refractivity contribution < 1.29 is 31.4 Å². The second-order valence-corrected chi connectivity index (χ2v) is 40.8. The average Bonchev–Trinajstić information content (AvgIpc) is 1.44. The van der Waals surface area contributed by atoms with Crippen LogP contribution in [0.2, 0.25) is 0 Å². The van der Waals surface area contributed by atoms with Gasteiger partial charge in [0.1, 0.15) is 23.0 Å². The van der Waals surface area contributed by atoms with Crippen molar-refractivity contribution in [3.8, 4) is 78.9 Å². The summed E-state index contributed by atoms with van der Waals surface area (Å²) in [6.45, 7) is 20.7. The van der Waals surface area contributed by atoms with E-state index in [9.17, 15) is 16.4 Å². The summed E-state index contributed by atoms with van der Waals surface area (Å²) in [6, 6.07) is 89.0. The van der Waals surface area contributed by atoms with Crippen LogP contribution >= 0.6 is 0 Å². The molecule has 7 heteroatoms. The number of anilines is 4. The Bertz CT molecular complexity index is 8360. The van der Waals surface area contributed by atoms with Crippen molar-refractivity contribution in [1.82, 2.24) is 9.13 Å². The highest BCUT2D eigenvalue weighted by molar-refractivity contribution is 7.00. The van der Waals surface area contributed by atoms with E-state index in [0.29, 0.717) is 37.3 Å². The van der Waals surface area contributed by atoms with Gasteiger partial charge in [0.25, 0.3) is 6.71 Å². The van der Waals surface area contributed by atoms with E-state index in [2.05, 4.69) is 315 Å². The quantitative estimate of drug-likeness (QED) is 0.0633. The van der Waals surface area contributed by atoms with Gasteiger partial charge in [-0.15, -0.1) is 0 Å². The fourth-order valence-electron chi connectivity index (χ4n) is 23.7. The summed E-state index contributed by atoms with van der Waals surface area (Å²) in [5.41, 5.74) is 29.5. The summed E-state index contributed by atoms with van der Waals surface area (Å²) in [7, 11) is 0. The monoisotopic (exact) mass is 1760 g/mol. The molecule has 4 aliphatic heterocycles. The van der Waals surface area contributed by atoms with E-state index in [1.165, 1.54) is 77.9 Å². The molecule has 19 aromatic rings. The minimum Gasteiger partial charge on any atom is -0.457 e. The standard InChI is InChI=1S/C128H111BN4O2/c1-124(2,3)86-64-60-82(99(76-86)84-62-70-121-107(74-84)127(105-52-28-34-58-119(105)134-121)101-48-24-16-40-91(101)92-41-17-25-49-102(92)127)38-14-10-12-36-72-130-115-80-89(132-111-54-30-20-44-95(111)96-45-21-31-55-112(96)132)66-68-109(115)129-110-69-67-90(133-113-56-32-22-46-97(113)98-47-23-33-57-114(98)133)81-116(110)131(118-79-88(126(7,8)9)78-117(130)123(118)129)73-37-13-11-15-39-83-61-65-87(125(4,5)6)77-100(83)85-63-71-122-108(75-85)128(106-53-29-35-59-120(106)135-122)103-50-26-18-42-93(103)94-43-19-27-51-104(94)128/h16-35,40-71,74-81H,10-15,36-39,72-73H2,1-9H3/i20D,21D,22D,23D,30D,31D,32D,33D,44D,45D,46D,47D,54D,55D,56D,57D. The zero-order chi connectivity index (χ0) is 105. The number of benzene rings is 17. The molecule has 0 unspecified atom stereocenters. The summed E-state index contributed by atoms with van der Waals surface area (Å²) in [4.78, 5) is 4.83. The molecule has 0 saturated heterocycles. The molecule has 2 aliphatic carbocycles. The number of nitrogens with zero attached hydrogens (tertiary/aromatic N) is 4. The molecule has 0 atom stereocenters. The molecule has 17 aromatic carbocycles. The number of aromatic nitrogens is 2. The fourth-order valence-corrected chi connectivity index (χ4v) is 23.7. The van der Waals surface area contributed by atoms with E-state index in [-0.39, 0.29) is 54.4 Å². The number of rotatable bonds is 18. The Labute approximate surface area is 816 Å². The van der Waals surface area contributed by atoms with Crippen LogP contribution in [-0.2, 0) is 39.9 Å². The predicted molar refractivity (Wildman–Crippen MR) is 566 cm³/mol. The number of para-hydroxylation sites is 6. The second kappa shape index (κ2) is 31.6. The maximum absolute atomic E-state index is 9.80. The number of unbranched alkanes of at least 4 members (excludes halogenated alkanes) is 6. The second-order valence-electron chi connectivity index (χ2n) is 40.8. The molecule has 6 nitrogen and oxygen atoms in total. The third kappa shape index (κ3) is 12.9. The van der Waals surface area contributed by atoms with Crippen LogP contribution in [0, 0.1) is 0 Å². The highest BCUT2D eigenvalue weighted by Crippen LogP contribution is 2.65. The van der Waals surface area contributed by atoms with Gasteiger partial charge in [-0.05, 0) is 263 Å². The lowest BCUT2D eigenvalue weighted by Crippen LogP contribution is -2.62. The largest absolute Gasteiger partial charge is 0.457 e. The van der Waals surface area contributed by atoms with Gasteiger partial charge in [0.2, 0.25) is 0 Å². The first-order valence-electron chi connectivity index (χ1n) is 56.1. The first-order chi connectivity index (χ1) is 72.5. The molecule has 6 heterocycles. The fraction of sp³-hybridized carbons (Fsp3) is 0.203. The molecule has 0 saturated carbocycles. The molecule has 658 valence electrons. The minimum absolute atomic E-state index is 0.000567. The lowest BCUT2D eigenvalue weighted by Gasteiger charge is -2.45. The molecular weight excluding hydrogens is 1640 g/mol. The van der Waals surface area contributed by atoms with Crippen molar-refractivity contribution in [1.29, 1.82) is 0 Å². The van der Waals surface area contributed by atoms with Crippen LogP contribution in [-0.4, -0.2) is 28.9 Å². The molecule has 0 bridgehead atoms. The number of aryl methyl sites for hydroxylation is 2. The Kier molecular flexibility index (Phi) is 15.7. The van der Waals surface area contributed by atoms with Gasteiger partial charge >= 0.3 is 0 Å². The van der Waals surface area contributed by atoms with Gasteiger partial charge in [0.15, 0.2) is 0 Å². The molecule has 2 aromatic heterocycles. The number of hydrogen-bond acceptors (Lipinski definition) is 4. The van der Waals surface area contributed by atoms with Crippen molar-refractivity contribution in [2.45, 2.75) is 154 Å². The van der Waals surface area contributed by atoms with Gasteiger partial charge in [-0.3, -0.25) is 0 Å². The summed E-state index contributed by atoms with van der Waals surface area (Å²) in [6.07, 6.45) is 8.09. The van der Waals surface area contributed by atoms with Crippen molar-refractivity contribution in [3.05, 3.63) is 436 Å². The van der Waals surface area contributed by atoms with Crippen LogP contribution in [0.5, 0.6) is 23.0 Å². The highest BCUT2D eigenvalue weighted by atomic mass is 16.5. The van der Waals surface area contributed by atoms with Gasteiger partial charge in [-0.1, -0.05) is 355 Å². The molecule has 2 spiro atoms. The van der Waals surface area contributed by atoms with E-state index in [1.54, 1.807) is 9.13 Å². The Morgan fingerprint density at radius 3 is 0.985 bits per heavy atom. The maximum Gasteiger partial charge on any atom is 0.252 e. The highest BCUT2D eigenvalue weighted by Gasteiger charge is 2.54. The van der Waals surface area contributed by atoms with E-state index < -0.39 is 120 Å². The van der Waals surface area contributed by atoms with E-state index >= 15 is 0 Å². The lowest BCUT2D eigenvalue weighted by molar-refractivity contribution is 0.436. The number of hydrogen-bond donors (Lipinski definition) is 0. The summed E-state index contributed by atoms with van der Waals surface area (Å²) in [5, 5.41) is -0.130. The van der Waals surface area contributed by atoms with Gasteiger partial charge in [-0.2, -0.15) is 0 Å². The van der Waals surface area contributed by atoms with Crippen molar-refractivity contribution in [2.75, 3.05) is 22.9 Å². The Morgan fingerprint density at radius 2 is 0.615 bits per heavy atom. The molecule has 25 rings (SSSR count). The average molecular weight is 1760 g/mol. The van der Waals surface area contributed by atoms with Crippen LogP contribution in [0.1, 0.15) is 208 Å². The third-order valence-electron chi connectivity index (χ3n) is 30.1. The van der Waals surface area contributed by atoms with Crippen LogP contribution in [0.15, 0.2) is 364 Å². The number of ether oxygens (including phenoxy) is 2. The molecule has 0 radical (unpaired) electrons. The normalized spacial score (nSPS) is 15.9. The SMILES string of the molecule is [2H]c1c([2H])c([2H])c2c(c1[2H])c1c([2H])c([2H])c([2H])c([2H])c1n2-c1ccc2c(c1)N(CCCCCCc1ccc(C(C)(C)C)cc1-c1ccc3c(c1)C1(c4ccccc4O3)c3ccccc3-c3ccccc31)c1cc(C(C)(C)C)cc3c1B2c1ccc(-n2c4c([2H])c([2H])c([2H])c([2H])c4c4c([2H])c([2H])c([2H])c([2H])c42)cc1N3CCCCCCc1ccc(C(C)(C)C)cc1-c1ccc2c(c1)C1(c3ccccc3O2)c2ccccc2-c2ccccc21. The lowest BCUT2D eigenvalue weighted by atomic mass is 9.33. The topological polar surface area (TPSA) is 34.8 Å². The minimum atomic E-state index is -0.656. The van der Waals surface area contributed by atoms with Crippen LogP contribution in [0.3, 0.4) is 0 Å². The predicted octanol–water partition coefficient (Wildman–Crippen LogP) is 31.1. The first kappa shape index (κ1) is 66.9. The summed E-state index contributed by atoms with van der Waals surface area (Å²) in [5.74, 6) is 3.32. The zero-order valence-electron chi connectivity index (χ0n) is 93.6. The molecule has 6 aliphatic rings. The van der Waals surface area contributed by atoms with Crippen LogP contribution < -0.4 is 35.7 Å². The summed E-state index contributed by atoms with van der Waals surface area (Å²) >= 11 is 0. The zero-order valence-corrected chi connectivity index (χ0v) is 77.6. The van der Waals surface area contributed by atoms with Crippen LogP contribution in [0.4, 0.5) is 22.7 Å². The number of fused-ring (bicyclic) bond motifs is 28. The smallest absolute Gasteiger partial charge is 0.252 e. The molecule has 0 fully saturated rings. The first-order valence-corrected chi connectivity index (χ1v) is 48.1. The third-order valence-corrected chi connectivity index (χ3v) is 30.1. The van der Waals surface area contributed by atoms with Crippen molar-refractivity contribution in [2.24, 2.45) is 0 Å². The van der Waals surface area contributed by atoms with Gasteiger partial charge in [0, 0.05) is 91.0 Å². The van der Waals surface area contributed by atoms with Crippen molar-refractivity contribution in [3.63, 3.8) is 0 Å². The van der Waals surface area contributed by atoms with Crippen LogP contribution in [0.25, 0.3) is 99.5 Å². The van der Waals surface area contributed by atoms with Gasteiger partial charge in [-0.25, -0.2) is 0 Å². The molecule has 135 heavy (non-hydrogen) atoms. The Balaban J connectivity index is 0.609. The Morgan fingerprint density at radius 1 is 0.281 bits per heavy atom. The maximum atomic E-state index is 9.80. The molecular formula is C128H111BN4O2. The molecule has 0 amide bonds. The van der Waals surface area contributed by atoms with E-state index in [0.717, 1.165) is 152 Å². The summed E-state index contributed by atoms with van der Waals surface area (Å²) < 4.78 is 168. The van der Waals surface area contributed by atoms with E-state index in [1.807, 2.05) is 24.3 Å². The van der Waals surface area contributed by atoms with E-state index in [4.69, 9.17) is 15.0 Å².